The molecule has 8 nitrogen and oxygen atoms in total. The van der Waals surface area contributed by atoms with Crippen molar-refractivity contribution in [3.63, 3.8) is 0 Å². The van der Waals surface area contributed by atoms with E-state index < -0.39 is 0 Å². The smallest absolute Gasteiger partial charge is 0.291 e. The largest absolute Gasteiger partial charge is 0.449 e. The lowest BCUT2D eigenvalue weighted by molar-refractivity contribution is -0.120. The fourth-order valence-corrected chi connectivity index (χ4v) is 4.09. The van der Waals surface area contributed by atoms with Crippen molar-refractivity contribution in [1.29, 1.82) is 0 Å². The molecule has 1 aromatic heterocycles. The van der Waals surface area contributed by atoms with Crippen LogP contribution in [0.2, 0.25) is 0 Å². The summed E-state index contributed by atoms with van der Waals surface area (Å²) >= 11 is 0. The molecule has 1 saturated heterocycles. The number of benzene rings is 1. The molecule has 0 atom stereocenters. The second-order valence-corrected chi connectivity index (χ2v) is 8.04. The number of amides is 2. The Morgan fingerprint density at radius 3 is 2.59 bits per heavy atom. The number of rotatable bonds is 11. The van der Waals surface area contributed by atoms with E-state index in [-0.39, 0.29) is 24.2 Å². The molecule has 1 aromatic carbocycles. The summed E-state index contributed by atoms with van der Waals surface area (Å²) in [6.07, 6.45) is 2.82. The summed E-state index contributed by atoms with van der Waals surface area (Å²) in [7, 11) is 2.14. The number of likely N-dealkylation sites (tertiary alicyclic amines) is 1. The van der Waals surface area contributed by atoms with Crippen LogP contribution in [0.1, 0.15) is 43.7 Å². The fourth-order valence-electron chi connectivity index (χ4n) is 4.09. The third kappa shape index (κ3) is 6.09. The molecule has 0 aliphatic carbocycles. The van der Waals surface area contributed by atoms with Gasteiger partial charge in [0, 0.05) is 50.9 Å². The average Bonchev–Trinajstić information content (AvgIpc) is 3.18. The summed E-state index contributed by atoms with van der Waals surface area (Å²) < 4.78 is 16.5. The number of carbonyl (C=O) groups excluding carboxylic acids is 2. The number of fused-ring (bicyclic) bond motifs is 1. The van der Waals surface area contributed by atoms with Gasteiger partial charge >= 0.3 is 0 Å². The Morgan fingerprint density at radius 2 is 1.88 bits per heavy atom. The maximum Gasteiger partial charge on any atom is 0.291 e. The number of furan rings is 1. The van der Waals surface area contributed by atoms with Crippen LogP contribution in [0, 0.1) is 0 Å². The number of carbonyl (C=O) groups is 2. The van der Waals surface area contributed by atoms with Crippen molar-refractivity contribution in [2.75, 3.05) is 58.4 Å². The quantitative estimate of drug-likeness (QED) is 0.534. The molecule has 0 saturated carbocycles. The van der Waals surface area contributed by atoms with Gasteiger partial charge in [-0.3, -0.25) is 9.59 Å². The molecule has 0 spiro atoms. The molecule has 0 bridgehead atoms. The van der Waals surface area contributed by atoms with Gasteiger partial charge in [0.15, 0.2) is 0 Å². The van der Waals surface area contributed by atoms with Crippen LogP contribution in [0.4, 0.5) is 5.69 Å². The van der Waals surface area contributed by atoms with E-state index in [4.69, 9.17) is 13.9 Å². The minimum atomic E-state index is -0.306. The van der Waals surface area contributed by atoms with Gasteiger partial charge in [-0.25, -0.2) is 0 Å². The third-order valence-corrected chi connectivity index (χ3v) is 5.87. The molecular weight excluding hydrogens is 410 g/mol. The molecule has 1 aliphatic heterocycles. The first-order valence-electron chi connectivity index (χ1n) is 11.5. The van der Waals surface area contributed by atoms with Crippen LogP contribution in [-0.2, 0) is 14.3 Å². The van der Waals surface area contributed by atoms with Crippen LogP contribution in [0.25, 0.3) is 11.0 Å². The van der Waals surface area contributed by atoms with E-state index in [2.05, 4.69) is 17.3 Å². The molecule has 32 heavy (non-hydrogen) atoms. The molecule has 2 heterocycles. The zero-order valence-electron chi connectivity index (χ0n) is 19.4. The average molecular weight is 446 g/mol. The first-order chi connectivity index (χ1) is 15.5. The van der Waals surface area contributed by atoms with Gasteiger partial charge in [0.1, 0.15) is 17.9 Å². The van der Waals surface area contributed by atoms with Gasteiger partial charge in [-0.1, -0.05) is 12.1 Å². The van der Waals surface area contributed by atoms with E-state index in [1.54, 1.807) is 6.07 Å². The van der Waals surface area contributed by atoms with Crippen LogP contribution < -0.4 is 5.32 Å². The Hall–Kier alpha value is -2.42. The number of para-hydroxylation sites is 1. The van der Waals surface area contributed by atoms with Crippen LogP contribution in [-0.4, -0.2) is 80.8 Å². The lowest BCUT2D eigenvalue weighted by Gasteiger charge is -2.36. The monoisotopic (exact) mass is 445 g/mol. The molecule has 0 radical (unpaired) electrons. The molecule has 2 amide bonds. The fraction of sp³-hybridized carbons (Fsp3) is 0.583. The van der Waals surface area contributed by atoms with Gasteiger partial charge in [-0.15, -0.1) is 0 Å². The maximum absolute atomic E-state index is 13.3. The highest BCUT2D eigenvalue weighted by molar-refractivity contribution is 6.11. The highest BCUT2D eigenvalue weighted by atomic mass is 16.5. The topological polar surface area (TPSA) is 84.3 Å². The highest BCUT2D eigenvalue weighted by Crippen LogP contribution is 2.32. The first-order valence-corrected chi connectivity index (χ1v) is 11.5. The number of piperidine rings is 1. The predicted octanol–water partition coefficient (Wildman–Crippen LogP) is 3.37. The van der Waals surface area contributed by atoms with Crippen molar-refractivity contribution in [2.24, 2.45) is 0 Å². The second-order valence-electron chi connectivity index (χ2n) is 8.04. The van der Waals surface area contributed by atoms with Crippen molar-refractivity contribution in [2.45, 2.75) is 39.2 Å². The van der Waals surface area contributed by atoms with Crippen molar-refractivity contribution in [1.82, 2.24) is 9.80 Å². The van der Waals surface area contributed by atoms with Crippen LogP contribution in [0.15, 0.2) is 28.7 Å². The van der Waals surface area contributed by atoms with Crippen molar-refractivity contribution in [3.05, 3.63) is 30.0 Å². The number of anilines is 1. The maximum atomic E-state index is 13.3. The molecule has 1 N–H and O–H groups in total. The second kappa shape index (κ2) is 12.0. The molecule has 0 unspecified atom stereocenters. The third-order valence-electron chi connectivity index (χ3n) is 5.87. The van der Waals surface area contributed by atoms with Crippen LogP contribution in [0.3, 0.4) is 0 Å². The highest BCUT2D eigenvalue weighted by Gasteiger charge is 2.30. The summed E-state index contributed by atoms with van der Waals surface area (Å²) in [5, 5.41) is 3.54. The molecule has 1 fully saturated rings. The summed E-state index contributed by atoms with van der Waals surface area (Å²) in [6, 6.07) is 7.79. The molecule has 176 valence electrons. The molecule has 8 heteroatoms. The Labute approximate surface area is 189 Å². The Morgan fingerprint density at radius 1 is 1.16 bits per heavy atom. The van der Waals surface area contributed by atoms with Gasteiger partial charge in [0.25, 0.3) is 5.91 Å². The molecule has 1 aliphatic rings. The number of hydrogen-bond acceptors (Lipinski definition) is 6. The predicted molar refractivity (Wildman–Crippen MR) is 124 cm³/mol. The number of ether oxygens (including phenoxy) is 2. The molecule has 3 rings (SSSR count). The van der Waals surface area contributed by atoms with E-state index in [1.807, 2.05) is 36.9 Å². The minimum Gasteiger partial charge on any atom is -0.449 e. The Bertz CT molecular complexity index is 889. The lowest BCUT2D eigenvalue weighted by Crippen LogP contribution is -2.46. The van der Waals surface area contributed by atoms with Crippen molar-refractivity contribution in [3.8, 4) is 0 Å². The Kier molecular flexibility index (Phi) is 9.08. The summed E-state index contributed by atoms with van der Waals surface area (Å²) in [5.74, 6) is -0.315. The van der Waals surface area contributed by atoms with Gasteiger partial charge in [0.2, 0.25) is 11.7 Å². The number of nitrogens with zero attached hydrogens (tertiary/aromatic N) is 2. The zero-order chi connectivity index (χ0) is 22.9. The van der Waals surface area contributed by atoms with Crippen LogP contribution in [0.5, 0.6) is 0 Å². The first kappa shape index (κ1) is 24.2. The van der Waals surface area contributed by atoms with E-state index in [9.17, 15) is 9.59 Å². The van der Waals surface area contributed by atoms with E-state index in [0.29, 0.717) is 42.4 Å². The summed E-state index contributed by atoms with van der Waals surface area (Å²) in [5.41, 5.74) is 0.997. The van der Waals surface area contributed by atoms with Gasteiger partial charge < -0.3 is 29.0 Å². The van der Waals surface area contributed by atoms with Crippen molar-refractivity contribution < 1.29 is 23.5 Å². The summed E-state index contributed by atoms with van der Waals surface area (Å²) in [4.78, 5) is 29.8. The van der Waals surface area contributed by atoms with Crippen LogP contribution >= 0.6 is 0 Å². The van der Waals surface area contributed by atoms with Gasteiger partial charge in [0.05, 0.1) is 0 Å². The normalized spacial score (nSPS) is 14.9. The number of hydrogen-bond donors (Lipinski definition) is 1. The summed E-state index contributed by atoms with van der Waals surface area (Å²) in [6.45, 7) is 8.04. The van der Waals surface area contributed by atoms with E-state index in [0.717, 1.165) is 39.0 Å². The molecular formula is C24H35N3O5. The standard InChI is InChI=1S/C24H35N3O5/c1-4-30-16-8-13-26(3)18-11-14-27(15-12-18)24(29)23-22(25-21(28)17-31-5-2)19-9-6-7-10-20(19)32-23/h6-7,9-10,18H,4-5,8,11-17H2,1-3H3,(H,25,28). The Balaban J connectivity index is 1.65. The van der Waals surface area contributed by atoms with Gasteiger partial charge in [-0.05, 0) is 52.3 Å². The molecule has 2 aromatic rings. The lowest BCUT2D eigenvalue weighted by atomic mass is 10.0. The van der Waals surface area contributed by atoms with Gasteiger partial charge in [-0.2, -0.15) is 0 Å². The SMILES string of the molecule is CCOCCCN(C)C1CCN(C(=O)c2oc3ccccc3c2NC(=O)COCC)CC1. The zero-order valence-corrected chi connectivity index (χ0v) is 19.4. The van der Waals surface area contributed by atoms with E-state index in [1.165, 1.54) is 0 Å². The number of nitrogens with one attached hydrogen (secondary N) is 1. The minimum absolute atomic E-state index is 0.0648. The van der Waals surface area contributed by atoms with E-state index >= 15 is 0 Å². The van der Waals surface area contributed by atoms with Crippen molar-refractivity contribution >= 4 is 28.5 Å².